The molecule has 1 aliphatic heterocycles. The quantitative estimate of drug-likeness (QED) is 0.626. The van der Waals surface area contributed by atoms with Gasteiger partial charge in [-0.3, -0.25) is 9.78 Å². The van der Waals surface area contributed by atoms with Gasteiger partial charge in [0, 0.05) is 37.1 Å². The zero-order valence-electron chi connectivity index (χ0n) is 17.0. The molecule has 1 N–H and O–H groups in total. The second kappa shape index (κ2) is 8.91. The van der Waals surface area contributed by atoms with Crippen LogP contribution in [0.1, 0.15) is 11.3 Å². The number of carbonyl (C=O) groups is 1. The Balaban J connectivity index is 1.76. The number of carboxylic acids is 1. The van der Waals surface area contributed by atoms with E-state index in [4.69, 9.17) is 4.74 Å². The summed E-state index contributed by atoms with van der Waals surface area (Å²) in [5.41, 5.74) is 1.72. The third-order valence-electron chi connectivity index (χ3n) is 4.99. The Morgan fingerprint density at radius 1 is 1.16 bits per heavy atom. The number of hydrogen-bond donors (Lipinski definition) is 1. The average Bonchev–Trinajstić information content (AvgIpc) is 2.72. The van der Waals surface area contributed by atoms with Crippen molar-refractivity contribution in [2.45, 2.75) is 24.5 Å². The van der Waals surface area contributed by atoms with Crippen molar-refractivity contribution in [1.82, 2.24) is 13.6 Å². The van der Waals surface area contributed by atoms with Gasteiger partial charge >= 0.3 is 5.97 Å². The molecule has 1 aliphatic rings. The van der Waals surface area contributed by atoms with Crippen LogP contribution in [0.5, 0.6) is 5.75 Å². The summed E-state index contributed by atoms with van der Waals surface area (Å²) >= 11 is 0. The van der Waals surface area contributed by atoms with Gasteiger partial charge in [0.15, 0.2) is 0 Å². The Kier molecular flexibility index (Phi) is 6.65. The van der Waals surface area contributed by atoms with Gasteiger partial charge in [-0.1, -0.05) is 6.07 Å². The van der Waals surface area contributed by atoms with Gasteiger partial charge in [0.25, 0.3) is 0 Å². The number of ether oxygens (including phenoxy) is 1. The molecule has 10 nitrogen and oxygen atoms in total. The fourth-order valence-electron chi connectivity index (χ4n) is 3.21. The average molecular weight is 470 g/mol. The van der Waals surface area contributed by atoms with Crippen LogP contribution in [0.2, 0.25) is 0 Å². The van der Waals surface area contributed by atoms with E-state index in [1.807, 2.05) is 13.0 Å². The number of sulfonamides is 2. The number of carboxylic acid groups (broad SMARTS) is 1. The highest BCUT2D eigenvalue weighted by Gasteiger charge is 2.42. The summed E-state index contributed by atoms with van der Waals surface area (Å²) in [6, 6.07) is 7.80. The highest BCUT2D eigenvalue weighted by atomic mass is 32.2. The van der Waals surface area contributed by atoms with E-state index in [0.717, 1.165) is 26.1 Å². The van der Waals surface area contributed by atoms with E-state index in [2.05, 4.69) is 4.98 Å². The van der Waals surface area contributed by atoms with Crippen LogP contribution in [-0.4, -0.2) is 73.4 Å². The Morgan fingerprint density at radius 3 is 2.42 bits per heavy atom. The predicted molar refractivity (Wildman–Crippen MR) is 111 cm³/mol. The van der Waals surface area contributed by atoms with Gasteiger partial charge in [-0.05, 0) is 37.3 Å². The zero-order valence-corrected chi connectivity index (χ0v) is 18.6. The molecule has 0 amide bonds. The van der Waals surface area contributed by atoms with E-state index in [1.165, 1.54) is 24.3 Å². The number of aromatic nitrogens is 1. The summed E-state index contributed by atoms with van der Waals surface area (Å²) in [5, 5.41) is 9.49. The van der Waals surface area contributed by atoms with Crippen molar-refractivity contribution >= 4 is 26.0 Å². The van der Waals surface area contributed by atoms with E-state index in [1.54, 1.807) is 12.3 Å². The second-order valence-electron chi connectivity index (χ2n) is 7.10. The Bertz CT molecular complexity index is 1170. The fourth-order valence-corrected chi connectivity index (χ4v) is 5.60. The molecule has 0 radical (unpaired) electrons. The highest BCUT2D eigenvalue weighted by molar-refractivity contribution is 7.89. The Labute approximate surface area is 181 Å². The number of benzene rings is 1. The summed E-state index contributed by atoms with van der Waals surface area (Å²) in [7, 11) is -7.79. The minimum atomic E-state index is -4.15. The minimum Gasteiger partial charge on any atom is -0.489 e. The monoisotopic (exact) mass is 469 g/mol. The smallest absolute Gasteiger partial charge is 0.323 e. The van der Waals surface area contributed by atoms with Crippen molar-refractivity contribution in [2.75, 3.05) is 25.9 Å². The van der Waals surface area contributed by atoms with Gasteiger partial charge < -0.3 is 9.84 Å². The number of rotatable bonds is 7. The number of aliphatic carboxylic acids is 1. The first-order valence-electron chi connectivity index (χ1n) is 9.33. The molecule has 1 aromatic carbocycles. The third-order valence-corrected chi connectivity index (χ3v) is 8.18. The molecular formula is C19H23N3O7S2. The van der Waals surface area contributed by atoms with Gasteiger partial charge in [0.05, 0.1) is 11.2 Å². The Hall–Kier alpha value is -2.54. The van der Waals surface area contributed by atoms with Gasteiger partial charge in [0.2, 0.25) is 20.0 Å². The summed E-state index contributed by atoms with van der Waals surface area (Å²) < 4.78 is 57.1. The van der Waals surface area contributed by atoms with Crippen LogP contribution in [0.4, 0.5) is 0 Å². The summed E-state index contributed by atoms with van der Waals surface area (Å²) in [4.78, 5) is 15.7. The van der Waals surface area contributed by atoms with E-state index < -0.39 is 38.6 Å². The molecule has 1 saturated heterocycles. The van der Waals surface area contributed by atoms with Gasteiger partial charge in [-0.25, -0.2) is 16.8 Å². The molecule has 0 saturated carbocycles. The molecule has 1 atom stereocenters. The molecule has 3 rings (SSSR count). The van der Waals surface area contributed by atoms with Gasteiger partial charge in [0.1, 0.15) is 18.4 Å². The molecule has 2 heterocycles. The van der Waals surface area contributed by atoms with Gasteiger partial charge in [-0.2, -0.15) is 8.61 Å². The molecule has 12 heteroatoms. The van der Waals surface area contributed by atoms with Crippen LogP contribution in [0.15, 0.2) is 47.5 Å². The van der Waals surface area contributed by atoms with Crippen molar-refractivity contribution in [3.63, 3.8) is 0 Å². The van der Waals surface area contributed by atoms with E-state index in [-0.39, 0.29) is 24.6 Å². The minimum absolute atomic E-state index is 0.100. The SMILES string of the molecule is Cc1ncccc1COc1ccc(S(=O)(=O)N2CCN(S(C)(=O)=O)CC2C(=O)O)cc1. The number of piperazine rings is 1. The molecule has 1 aromatic heterocycles. The lowest BCUT2D eigenvalue weighted by atomic mass is 10.2. The predicted octanol–water partition coefficient (Wildman–Crippen LogP) is 0.688. The van der Waals surface area contributed by atoms with E-state index in [9.17, 15) is 26.7 Å². The summed E-state index contributed by atoms with van der Waals surface area (Å²) in [5.74, 6) is -0.970. The largest absolute Gasteiger partial charge is 0.489 e. The maximum absolute atomic E-state index is 13.0. The lowest BCUT2D eigenvalue weighted by Crippen LogP contribution is -2.59. The molecule has 0 aliphatic carbocycles. The molecule has 1 unspecified atom stereocenters. The molecular weight excluding hydrogens is 446 g/mol. The van der Waals surface area contributed by atoms with Crippen LogP contribution < -0.4 is 4.74 Å². The van der Waals surface area contributed by atoms with Crippen molar-refractivity contribution < 1.29 is 31.5 Å². The highest BCUT2D eigenvalue weighted by Crippen LogP contribution is 2.25. The first-order valence-corrected chi connectivity index (χ1v) is 12.6. The van der Waals surface area contributed by atoms with Crippen LogP contribution >= 0.6 is 0 Å². The number of hydrogen-bond acceptors (Lipinski definition) is 7. The topological polar surface area (TPSA) is 134 Å². The van der Waals surface area contributed by atoms with Crippen LogP contribution in [0, 0.1) is 6.92 Å². The normalized spacial score (nSPS) is 18.6. The molecule has 2 aromatic rings. The number of nitrogens with zero attached hydrogens (tertiary/aromatic N) is 3. The van der Waals surface area contributed by atoms with E-state index in [0.29, 0.717) is 5.75 Å². The fraction of sp³-hybridized carbons (Fsp3) is 0.368. The van der Waals surface area contributed by atoms with E-state index >= 15 is 0 Å². The zero-order chi connectivity index (χ0) is 22.8. The third kappa shape index (κ3) is 5.21. The number of aryl methyl sites for hydroxylation is 1. The first-order chi connectivity index (χ1) is 14.5. The van der Waals surface area contributed by atoms with Crippen LogP contribution in [0.25, 0.3) is 0 Å². The maximum atomic E-state index is 13.0. The van der Waals surface area contributed by atoms with Crippen molar-refractivity contribution in [1.29, 1.82) is 0 Å². The van der Waals surface area contributed by atoms with Crippen molar-refractivity contribution in [3.8, 4) is 5.75 Å². The molecule has 168 valence electrons. The molecule has 1 fully saturated rings. The molecule has 0 bridgehead atoms. The van der Waals surface area contributed by atoms with Crippen LogP contribution in [0.3, 0.4) is 0 Å². The first kappa shape index (κ1) is 23.1. The molecule has 31 heavy (non-hydrogen) atoms. The van der Waals surface area contributed by atoms with Crippen molar-refractivity contribution in [2.24, 2.45) is 0 Å². The number of pyridine rings is 1. The lowest BCUT2D eigenvalue weighted by Gasteiger charge is -2.37. The second-order valence-corrected chi connectivity index (χ2v) is 11.0. The maximum Gasteiger partial charge on any atom is 0.323 e. The van der Waals surface area contributed by atoms with Crippen molar-refractivity contribution in [3.05, 3.63) is 53.9 Å². The Morgan fingerprint density at radius 2 is 1.84 bits per heavy atom. The van der Waals surface area contributed by atoms with Crippen LogP contribution in [-0.2, 0) is 31.4 Å². The summed E-state index contributed by atoms with van der Waals surface area (Å²) in [6.45, 7) is 1.30. The summed E-state index contributed by atoms with van der Waals surface area (Å²) in [6.07, 6.45) is 2.64. The molecule has 0 spiro atoms. The standard InChI is InChI=1S/C19H23N3O7S2/c1-14-15(4-3-9-20-14)13-29-16-5-7-17(8-6-16)31(27,28)22-11-10-21(30(2,25)26)12-18(22)19(23)24/h3-9,18H,10-13H2,1-2H3,(H,23,24). The lowest BCUT2D eigenvalue weighted by molar-refractivity contribution is -0.142. The van der Waals surface area contributed by atoms with Gasteiger partial charge in [-0.15, -0.1) is 0 Å².